The monoisotopic (exact) mass is 375 g/mol. The minimum atomic E-state index is 0.658. The molecule has 112 valence electrons. The van der Waals surface area contributed by atoms with Crippen LogP contribution in [0.25, 0.3) is 22.2 Å². The van der Waals surface area contributed by atoms with Gasteiger partial charge in [0.15, 0.2) is 0 Å². The van der Waals surface area contributed by atoms with Gasteiger partial charge in [0.25, 0.3) is 0 Å². The first-order chi connectivity index (χ1) is 10.6. The largest absolute Gasteiger partial charge is 0.494 e. The molecule has 0 saturated carbocycles. The van der Waals surface area contributed by atoms with Crippen molar-refractivity contribution >= 4 is 38.4 Å². The van der Waals surface area contributed by atoms with Gasteiger partial charge in [-0.1, -0.05) is 23.7 Å². The van der Waals surface area contributed by atoms with E-state index in [1.54, 1.807) is 0 Å². The summed E-state index contributed by atoms with van der Waals surface area (Å²) >= 11 is 10.0. The molecule has 0 aliphatic rings. The topological polar surface area (TPSA) is 22.1 Å². The summed E-state index contributed by atoms with van der Waals surface area (Å²) in [6.07, 6.45) is 0. The standard InChI is InChI=1S/C18H15BrClNO/c1-3-22-13-7-5-12(6-8-13)16-10-15(20)14-9-4-11(2)17(19)18(14)21-16/h4-10H,3H2,1-2H3. The molecule has 0 fully saturated rings. The molecule has 3 aromatic rings. The second-order valence-electron chi connectivity index (χ2n) is 5.04. The maximum absolute atomic E-state index is 6.43. The first-order valence-electron chi connectivity index (χ1n) is 7.08. The van der Waals surface area contributed by atoms with Crippen LogP contribution in [-0.4, -0.2) is 11.6 Å². The zero-order chi connectivity index (χ0) is 15.7. The highest BCUT2D eigenvalue weighted by atomic mass is 79.9. The van der Waals surface area contributed by atoms with E-state index >= 15 is 0 Å². The summed E-state index contributed by atoms with van der Waals surface area (Å²) in [6, 6.07) is 13.8. The molecule has 3 rings (SSSR count). The summed E-state index contributed by atoms with van der Waals surface area (Å²) in [7, 11) is 0. The van der Waals surface area contributed by atoms with E-state index in [2.05, 4.69) is 15.9 Å². The zero-order valence-corrected chi connectivity index (χ0v) is 14.7. The van der Waals surface area contributed by atoms with E-state index < -0.39 is 0 Å². The lowest BCUT2D eigenvalue weighted by Gasteiger charge is -2.09. The van der Waals surface area contributed by atoms with Crippen molar-refractivity contribution < 1.29 is 4.74 Å². The van der Waals surface area contributed by atoms with E-state index in [0.29, 0.717) is 11.6 Å². The highest BCUT2D eigenvalue weighted by Crippen LogP contribution is 2.33. The van der Waals surface area contributed by atoms with E-state index in [1.807, 2.05) is 56.3 Å². The highest BCUT2D eigenvalue weighted by molar-refractivity contribution is 9.10. The van der Waals surface area contributed by atoms with Gasteiger partial charge in [-0.15, -0.1) is 0 Å². The van der Waals surface area contributed by atoms with E-state index in [9.17, 15) is 0 Å². The summed E-state index contributed by atoms with van der Waals surface area (Å²) in [6.45, 7) is 4.67. The first kappa shape index (κ1) is 15.3. The number of hydrogen-bond acceptors (Lipinski definition) is 2. The molecule has 0 unspecified atom stereocenters. The van der Waals surface area contributed by atoms with E-state index in [4.69, 9.17) is 21.3 Å². The minimum Gasteiger partial charge on any atom is -0.494 e. The van der Waals surface area contributed by atoms with E-state index in [0.717, 1.165) is 37.9 Å². The Hall–Kier alpha value is -1.58. The molecule has 22 heavy (non-hydrogen) atoms. The average molecular weight is 377 g/mol. The number of pyridine rings is 1. The van der Waals surface area contributed by atoms with Crippen molar-refractivity contribution in [1.82, 2.24) is 4.98 Å². The third-order valence-electron chi connectivity index (χ3n) is 3.52. The zero-order valence-electron chi connectivity index (χ0n) is 12.4. The van der Waals surface area contributed by atoms with Gasteiger partial charge >= 0.3 is 0 Å². The molecule has 1 aromatic heterocycles. The van der Waals surface area contributed by atoms with Gasteiger partial charge in [0.2, 0.25) is 0 Å². The molecule has 4 heteroatoms. The molecule has 0 aliphatic carbocycles. The molecule has 0 spiro atoms. The Morgan fingerprint density at radius 1 is 1.14 bits per heavy atom. The lowest BCUT2D eigenvalue weighted by atomic mass is 10.1. The van der Waals surface area contributed by atoms with Crippen molar-refractivity contribution in [3.8, 4) is 17.0 Å². The van der Waals surface area contributed by atoms with Crippen molar-refractivity contribution in [2.75, 3.05) is 6.61 Å². The second kappa shape index (κ2) is 6.27. The molecule has 0 bridgehead atoms. The predicted molar refractivity (Wildman–Crippen MR) is 95.8 cm³/mol. The normalized spacial score (nSPS) is 10.9. The van der Waals surface area contributed by atoms with Gasteiger partial charge in [-0.2, -0.15) is 0 Å². The summed E-state index contributed by atoms with van der Waals surface area (Å²) in [4.78, 5) is 4.77. The van der Waals surface area contributed by atoms with Crippen molar-refractivity contribution in [3.05, 3.63) is 57.5 Å². The molecule has 0 atom stereocenters. The molecule has 2 nitrogen and oxygen atoms in total. The molecule has 1 heterocycles. The van der Waals surface area contributed by atoms with Crippen LogP contribution >= 0.6 is 27.5 Å². The van der Waals surface area contributed by atoms with Crippen LogP contribution in [0.5, 0.6) is 5.75 Å². The van der Waals surface area contributed by atoms with Gasteiger partial charge in [-0.3, -0.25) is 0 Å². The first-order valence-corrected chi connectivity index (χ1v) is 8.26. The second-order valence-corrected chi connectivity index (χ2v) is 6.24. The van der Waals surface area contributed by atoms with Crippen LogP contribution < -0.4 is 4.74 Å². The number of nitrogens with zero attached hydrogens (tertiary/aromatic N) is 1. The molecule has 0 radical (unpaired) electrons. The Balaban J connectivity index is 2.13. The van der Waals surface area contributed by atoms with Crippen LogP contribution in [0.2, 0.25) is 5.02 Å². The van der Waals surface area contributed by atoms with Gasteiger partial charge in [0.05, 0.1) is 22.8 Å². The Labute approximate surface area is 143 Å². The SMILES string of the molecule is CCOc1ccc(-c2cc(Cl)c3ccc(C)c(Br)c3n2)cc1. The molecule has 0 saturated heterocycles. The number of aromatic nitrogens is 1. The Morgan fingerprint density at radius 2 is 1.86 bits per heavy atom. The molecule has 0 N–H and O–H groups in total. The maximum Gasteiger partial charge on any atom is 0.119 e. The number of rotatable bonds is 3. The molecular weight excluding hydrogens is 362 g/mol. The minimum absolute atomic E-state index is 0.658. The Morgan fingerprint density at radius 3 is 2.55 bits per heavy atom. The third kappa shape index (κ3) is 2.83. The predicted octanol–water partition coefficient (Wildman–Crippen LogP) is 6.02. The fourth-order valence-corrected chi connectivity index (χ4v) is 3.04. The average Bonchev–Trinajstić information content (AvgIpc) is 2.52. The fourth-order valence-electron chi connectivity index (χ4n) is 2.35. The van der Waals surface area contributed by atoms with Gasteiger partial charge in [0.1, 0.15) is 5.75 Å². The highest BCUT2D eigenvalue weighted by Gasteiger charge is 2.10. The molecule has 0 aliphatic heterocycles. The molecule has 0 amide bonds. The number of benzene rings is 2. The van der Waals surface area contributed by atoms with E-state index in [-0.39, 0.29) is 0 Å². The van der Waals surface area contributed by atoms with Crippen molar-refractivity contribution in [2.24, 2.45) is 0 Å². The van der Waals surface area contributed by atoms with Crippen LogP contribution in [0, 0.1) is 6.92 Å². The quantitative estimate of drug-likeness (QED) is 0.557. The van der Waals surface area contributed by atoms with Crippen molar-refractivity contribution in [3.63, 3.8) is 0 Å². The van der Waals surface area contributed by atoms with Gasteiger partial charge in [-0.05, 0) is 65.7 Å². The number of aryl methyl sites for hydroxylation is 1. The lowest BCUT2D eigenvalue weighted by Crippen LogP contribution is -1.92. The van der Waals surface area contributed by atoms with Crippen LogP contribution in [0.4, 0.5) is 0 Å². The Bertz CT molecular complexity index is 831. The van der Waals surface area contributed by atoms with Crippen LogP contribution in [-0.2, 0) is 0 Å². The summed E-state index contributed by atoms with van der Waals surface area (Å²) < 4.78 is 6.46. The van der Waals surface area contributed by atoms with Gasteiger partial charge in [0, 0.05) is 15.4 Å². The van der Waals surface area contributed by atoms with Gasteiger partial charge < -0.3 is 4.74 Å². The van der Waals surface area contributed by atoms with E-state index in [1.165, 1.54) is 0 Å². The lowest BCUT2D eigenvalue weighted by molar-refractivity contribution is 0.340. The number of fused-ring (bicyclic) bond motifs is 1. The van der Waals surface area contributed by atoms with Crippen LogP contribution in [0.15, 0.2) is 46.9 Å². The Kier molecular flexibility index (Phi) is 4.37. The summed E-state index contributed by atoms with van der Waals surface area (Å²) in [5, 5.41) is 1.66. The van der Waals surface area contributed by atoms with Crippen molar-refractivity contribution in [2.45, 2.75) is 13.8 Å². The van der Waals surface area contributed by atoms with Crippen LogP contribution in [0.1, 0.15) is 12.5 Å². The molecule has 2 aromatic carbocycles. The number of halogens is 2. The number of hydrogen-bond donors (Lipinski definition) is 0. The smallest absolute Gasteiger partial charge is 0.119 e. The number of ether oxygens (including phenoxy) is 1. The van der Waals surface area contributed by atoms with Crippen LogP contribution in [0.3, 0.4) is 0 Å². The fraction of sp³-hybridized carbons (Fsp3) is 0.167. The maximum atomic E-state index is 6.43. The third-order valence-corrected chi connectivity index (χ3v) is 4.84. The summed E-state index contributed by atoms with van der Waals surface area (Å²) in [5.74, 6) is 0.857. The van der Waals surface area contributed by atoms with Gasteiger partial charge in [-0.25, -0.2) is 4.98 Å². The van der Waals surface area contributed by atoms with Crippen molar-refractivity contribution in [1.29, 1.82) is 0 Å². The molecular formula is C18H15BrClNO. The summed E-state index contributed by atoms with van der Waals surface area (Å²) in [5.41, 5.74) is 3.89.